The summed E-state index contributed by atoms with van der Waals surface area (Å²) in [6, 6.07) is 22.9. The standard InChI is InChI=1S/C32H36Cl2N2O2S/c1-23-10-8-13-25(18-23)21-39-22-31(37)36(20-27-28(33)16-9-17-29(27)34)30(19-24-11-4-2-5-12-24)32(38)35-26-14-6-3-7-15-26/h2,4-5,8-13,16-18,26,30H,3,6-7,14-15,19-22H2,1H3,(H,35,38)/t30-/m1/s1. The molecule has 7 heteroatoms. The molecule has 3 aromatic carbocycles. The molecule has 0 saturated heterocycles. The average Bonchev–Trinajstić information content (AvgIpc) is 2.93. The van der Waals surface area contributed by atoms with Crippen LogP contribution in [0, 0.1) is 6.92 Å². The van der Waals surface area contributed by atoms with E-state index in [9.17, 15) is 9.59 Å². The number of hydrogen-bond donors (Lipinski definition) is 1. The number of nitrogens with one attached hydrogen (secondary N) is 1. The summed E-state index contributed by atoms with van der Waals surface area (Å²) < 4.78 is 0. The van der Waals surface area contributed by atoms with Gasteiger partial charge in [-0.15, -0.1) is 11.8 Å². The van der Waals surface area contributed by atoms with Crippen LogP contribution in [0.2, 0.25) is 10.0 Å². The Kier molecular flexibility index (Phi) is 11.2. The first-order valence-corrected chi connectivity index (χ1v) is 15.5. The molecule has 0 spiro atoms. The highest BCUT2D eigenvalue weighted by Crippen LogP contribution is 2.28. The van der Waals surface area contributed by atoms with E-state index in [1.54, 1.807) is 34.9 Å². The number of carbonyl (C=O) groups is 2. The first-order valence-electron chi connectivity index (χ1n) is 13.6. The first kappa shape index (κ1) is 29.5. The van der Waals surface area contributed by atoms with Crippen LogP contribution in [0.3, 0.4) is 0 Å². The third-order valence-corrected chi connectivity index (χ3v) is 8.89. The second kappa shape index (κ2) is 14.8. The SMILES string of the molecule is Cc1cccc(CSCC(=O)N(Cc2c(Cl)cccc2Cl)[C@H](Cc2ccccc2)C(=O)NC2CCCCC2)c1. The Morgan fingerprint density at radius 1 is 0.923 bits per heavy atom. The lowest BCUT2D eigenvalue weighted by Gasteiger charge is -2.34. The number of amides is 2. The molecule has 206 valence electrons. The van der Waals surface area contributed by atoms with E-state index in [-0.39, 0.29) is 30.2 Å². The van der Waals surface area contributed by atoms with Crippen LogP contribution in [0.15, 0.2) is 72.8 Å². The fourth-order valence-corrected chi connectivity index (χ4v) is 6.47. The molecule has 1 saturated carbocycles. The molecule has 0 unspecified atom stereocenters. The monoisotopic (exact) mass is 582 g/mol. The molecule has 1 atom stereocenters. The molecule has 1 N–H and O–H groups in total. The molecular formula is C32H36Cl2N2O2S. The Hall–Kier alpha value is -2.47. The van der Waals surface area contributed by atoms with Crippen molar-refractivity contribution in [3.63, 3.8) is 0 Å². The number of nitrogens with zero attached hydrogens (tertiary/aromatic N) is 1. The van der Waals surface area contributed by atoms with Crippen LogP contribution in [0.25, 0.3) is 0 Å². The number of hydrogen-bond acceptors (Lipinski definition) is 3. The fraction of sp³-hybridized carbons (Fsp3) is 0.375. The highest BCUT2D eigenvalue weighted by Gasteiger charge is 2.32. The van der Waals surface area contributed by atoms with Gasteiger partial charge < -0.3 is 10.2 Å². The number of benzene rings is 3. The molecule has 4 rings (SSSR count). The van der Waals surface area contributed by atoms with E-state index >= 15 is 0 Å². The van der Waals surface area contributed by atoms with Crippen molar-refractivity contribution in [3.8, 4) is 0 Å². The lowest BCUT2D eigenvalue weighted by atomic mass is 9.94. The molecule has 0 aliphatic heterocycles. The van der Waals surface area contributed by atoms with E-state index in [0.29, 0.717) is 27.8 Å². The minimum atomic E-state index is -0.686. The van der Waals surface area contributed by atoms with Crippen LogP contribution in [-0.4, -0.2) is 34.6 Å². The van der Waals surface area contributed by atoms with Gasteiger partial charge in [0, 0.05) is 40.4 Å². The lowest BCUT2D eigenvalue weighted by molar-refractivity contribution is -0.139. The average molecular weight is 584 g/mol. The van der Waals surface area contributed by atoms with E-state index in [1.165, 1.54) is 17.5 Å². The fourth-order valence-electron chi connectivity index (χ4n) is 5.09. The maximum absolute atomic E-state index is 13.9. The van der Waals surface area contributed by atoms with Gasteiger partial charge in [0.1, 0.15) is 6.04 Å². The molecule has 2 amide bonds. The van der Waals surface area contributed by atoms with Crippen LogP contribution in [0.1, 0.15) is 54.4 Å². The van der Waals surface area contributed by atoms with E-state index < -0.39 is 6.04 Å². The second-order valence-electron chi connectivity index (χ2n) is 10.3. The lowest BCUT2D eigenvalue weighted by Crippen LogP contribution is -2.53. The first-order chi connectivity index (χ1) is 18.9. The number of rotatable bonds is 11. The number of carbonyl (C=O) groups excluding carboxylic acids is 2. The quantitative estimate of drug-likeness (QED) is 0.253. The maximum Gasteiger partial charge on any atom is 0.243 e. The number of aryl methyl sites for hydroxylation is 1. The summed E-state index contributed by atoms with van der Waals surface area (Å²) in [7, 11) is 0. The number of thioether (sulfide) groups is 1. The van der Waals surface area contributed by atoms with E-state index in [0.717, 1.165) is 31.2 Å². The highest BCUT2D eigenvalue weighted by atomic mass is 35.5. The summed E-state index contributed by atoms with van der Waals surface area (Å²) >= 11 is 14.7. The van der Waals surface area contributed by atoms with Crippen molar-refractivity contribution in [3.05, 3.63) is 105 Å². The zero-order valence-electron chi connectivity index (χ0n) is 22.4. The Bertz CT molecular complexity index is 1230. The van der Waals surface area contributed by atoms with Gasteiger partial charge in [-0.05, 0) is 43.0 Å². The van der Waals surface area contributed by atoms with Crippen molar-refractivity contribution >= 4 is 46.8 Å². The molecule has 1 fully saturated rings. The van der Waals surface area contributed by atoms with Gasteiger partial charge in [-0.1, -0.05) is 109 Å². The Morgan fingerprint density at radius 2 is 1.59 bits per heavy atom. The Morgan fingerprint density at radius 3 is 2.28 bits per heavy atom. The molecule has 0 heterocycles. The van der Waals surface area contributed by atoms with Crippen molar-refractivity contribution in [2.24, 2.45) is 0 Å². The van der Waals surface area contributed by atoms with Crippen LogP contribution in [-0.2, 0) is 28.3 Å². The topological polar surface area (TPSA) is 49.4 Å². The van der Waals surface area contributed by atoms with Gasteiger partial charge >= 0.3 is 0 Å². The molecule has 0 radical (unpaired) electrons. The van der Waals surface area contributed by atoms with Gasteiger partial charge in [0.05, 0.1) is 5.75 Å². The largest absolute Gasteiger partial charge is 0.352 e. The molecule has 0 aromatic heterocycles. The maximum atomic E-state index is 13.9. The summed E-state index contributed by atoms with van der Waals surface area (Å²) in [4.78, 5) is 29.5. The second-order valence-corrected chi connectivity index (χ2v) is 12.1. The van der Waals surface area contributed by atoms with Crippen molar-refractivity contribution in [2.75, 3.05) is 5.75 Å². The smallest absolute Gasteiger partial charge is 0.243 e. The summed E-state index contributed by atoms with van der Waals surface area (Å²) in [6.45, 7) is 2.23. The summed E-state index contributed by atoms with van der Waals surface area (Å²) in [6.07, 6.45) is 5.79. The van der Waals surface area contributed by atoms with E-state index in [1.807, 2.05) is 36.4 Å². The highest BCUT2D eigenvalue weighted by molar-refractivity contribution is 7.99. The number of halogens is 2. The Balaban J connectivity index is 1.60. The molecule has 1 aliphatic carbocycles. The summed E-state index contributed by atoms with van der Waals surface area (Å²) in [5.74, 6) is 0.735. The van der Waals surface area contributed by atoms with Gasteiger partial charge in [0.25, 0.3) is 0 Å². The Labute approximate surface area is 246 Å². The molecular weight excluding hydrogens is 547 g/mol. The van der Waals surface area contributed by atoms with Crippen LogP contribution in [0.4, 0.5) is 0 Å². The molecule has 1 aliphatic rings. The van der Waals surface area contributed by atoms with Gasteiger partial charge in [0.2, 0.25) is 11.8 Å². The van der Waals surface area contributed by atoms with Crippen molar-refractivity contribution in [2.45, 2.75) is 69.8 Å². The van der Waals surface area contributed by atoms with Gasteiger partial charge in [-0.2, -0.15) is 0 Å². The van der Waals surface area contributed by atoms with Crippen molar-refractivity contribution in [1.29, 1.82) is 0 Å². The van der Waals surface area contributed by atoms with Gasteiger partial charge in [0.15, 0.2) is 0 Å². The molecule has 4 nitrogen and oxygen atoms in total. The molecule has 0 bridgehead atoms. The van der Waals surface area contributed by atoms with Crippen LogP contribution < -0.4 is 5.32 Å². The molecule has 3 aromatic rings. The van der Waals surface area contributed by atoms with E-state index in [4.69, 9.17) is 23.2 Å². The zero-order chi connectivity index (χ0) is 27.6. The van der Waals surface area contributed by atoms with E-state index in [2.05, 4.69) is 30.4 Å². The van der Waals surface area contributed by atoms with Crippen LogP contribution in [0.5, 0.6) is 0 Å². The normalized spacial score (nSPS) is 14.5. The summed E-state index contributed by atoms with van der Waals surface area (Å²) in [5, 5.41) is 4.24. The summed E-state index contributed by atoms with van der Waals surface area (Å²) in [5.41, 5.74) is 4.01. The van der Waals surface area contributed by atoms with Crippen LogP contribution >= 0.6 is 35.0 Å². The van der Waals surface area contributed by atoms with Crippen molar-refractivity contribution in [1.82, 2.24) is 10.2 Å². The predicted molar refractivity (Wildman–Crippen MR) is 163 cm³/mol. The minimum Gasteiger partial charge on any atom is -0.352 e. The zero-order valence-corrected chi connectivity index (χ0v) is 24.7. The van der Waals surface area contributed by atoms with Gasteiger partial charge in [-0.25, -0.2) is 0 Å². The van der Waals surface area contributed by atoms with Gasteiger partial charge in [-0.3, -0.25) is 9.59 Å². The minimum absolute atomic E-state index is 0.108. The third kappa shape index (κ3) is 8.76. The third-order valence-electron chi connectivity index (χ3n) is 7.19. The molecule has 39 heavy (non-hydrogen) atoms. The van der Waals surface area contributed by atoms with Crippen molar-refractivity contribution < 1.29 is 9.59 Å². The predicted octanol–water partition coefficient (Wildman–Crippen LogP) is 7.62.